The molecule has 0 N–H and O–H groups in total. The molecular weight excluding hydrogens is 576 g/mol. The van der Waals surface area contributed by atoms with Crippen molar-refractivity contribution in [3.05, 3.63) is 69.8 Å². The molecule has 4 rings (SSSR count). The molecule has 0 bridgehead atoms. The topological polar surface area (TPSA) is 45.2 Å². The predicted molar refractivity (Wildman–Crippen MR) is 150 cm³/mol. The number of rotatable bonds is 9. The van der Waals surface area contributed by atoms with Crippen LogP contribution in [-0.4, -0.2) is 98.9 Å². The Morgan fingerprint density at radius 1 is 0.884 bits per heavy atom. The molecule has 6 nitrogen and oxygen atoms in total. The highest BCUT2D eigenvalue weighted by molar-refractivity contribution is 5.95. The lowest BCUT2D eigenvalue weighted by Gasteiger charge is -2.42. The van der Waals surface area contributed by atoms with Gasteiger partial charge in [0.15, 0.2) is 0 Å². The van der Waals surface area contributed by atoms with E-state index in [0.29, 0.717) is 44.9 Å². The summed E-state index contributed by atoms with van der Waals surface area (Å²) in [5.74, 6) is -0.831. The van der Waals surface area contributed by atoms with Crippen LogP contribution in [0.5, 0.6) is 0 Å². The minimum atomic E-state index is -5.03. The van der Waals surface area contributed by atoms with Gasteiger partial charge in [-0.2, -0.15) is 26.3 Å². The third-order valence-electron chi connectivity index (χ3n) is 8.23. The summed E-state index contributed by atoms with van der Waals surface area (Å²) in [5.41, 5.74) is -0.491. The summed E-state index contributed by atoms with van der Waals surface area (Å²) in [6.45, 7) is 9.45. The van der Waals surface area contributed by atoms with Gasteiger partial charge in [0.1, 0.15) is 0 Å². The van der Waals surface area contributed by atoms with Crippen LogP contribution < -0.4 is 0 Å². The molecule has 2 aliphatic heterocycles. The van der Waals surface area contributed by atoms with Crippen LogP contribution in [0.3, 0.4) is 0 Å². The Morgan fingerprint density at radius 3 is 2.14 bits per heavy atom. The van der Waals surface area contributed by atoms with Crippen molar-refractivity contribution >= 4 is 5.91 Å². The minimum Gasteiger partial charge on any atom is -0.382 e. The molecule has 0 aromatic heterocycles. The van der Waals surface area contributed by atoms with Crippen molar-refractivity contribution in [2.45, 2.75) is 51.2 Å². The molecule has 2 aromatic rings. The molecule has 2 atom stereocenters. The number of morpholine rings is 1. The van der Waals surface area contributed by atoms with Crippen molar-refractivity contribution in [2.24, 2.45) is 0 Å². The average molecular weight is 616 g/mol. The summed E-state index contributed by atoms with van der Waals surface area (Å²) in [6, 6.07) is 6.60. The summed E-state index contributed by atoms with van der Waals surface area (Å²) < 4.78 is 92.1. The molecule has 1 amide bonds. The monoisotopic (exact) mass is 615 g/mol. The van der Waals surface area contributed by atoms with Gasteiger partial charge in [0.25, 0.3) is 5.91 Å². The number of aryl methyl sites for hydroxylation is 2. The zero-order valence-corrected chi connectivity index (χ0v) is 24.7. The van der Waals surface area contributed by atoms with Crippen LogP contribution in [0.2, 0.25) is 0 Å². The number of halogens is 6. The van der Waals surface area contributed by atoms with E-state index in [2.05, 4.69) is 9.80 Å². The van der Waals surface area contributed by atoms with E-state index >= 15 is 0 Å². The van der Waals surface area contributed by atoms with E-state index in [4.69, 9.17) is 9.47 Å². The Morgan fingerprint density at radius 2 is 1.53 bits per heavy atom. The first-order valence-electron chi connectivity index (χ1n) is 14.5. The normalized spacial score (nSPS) is 20.9. The Hall–Kier alpha value is -2.67. The number of piperazine rings is 1. The first kappa shape index (κ1) is 33.2. The summed E-state index contributed by atoms with van der Waals surface area (Å²) in [4.78, 5) is 19.6. The maximum Gasteiger partial charge on any atom is 0.416 e. The van der Waals surface area contributed by atoms with E-state index in [1.807, 2.05) is 32.0 Å². The summed E-state index contributed by atoms with van der Waals surface area (Å²) in [5, 5.41) is 0. The first-order chi connectivity index (χ1) is 20.2. The highest BCUT2D eigenvalue weighted by atomic mass is 19.4. The van der Waals surface area contributed by atoms with E-state index in [0.717, 1.165) is 49.3 Å². The molecule has 238 valence electrons. The van der Waals surface area contributed by atoms with E-state index in [1.165, 1.54) is 4.90 Å². The molecule has 0 radical (unpaired) electrons. The molecule has 12 heteroatoms. The summed E-state index contributed by atoms with van der Waals surface area (Å²) >= 11 is 0. The van der Waals surface area contributed by atoms with Crippen LogP contribution in [0.1, 0.15) is 44.6 Å². The van der Waals surface area contributed by atoms with Gasteiger partial charge < -0.3 is 14.4 Å². The van der Waals surface area contributed by atoms with Crippen LogP contribution in [-0.2, 0) is 28.2 Å². The number of methoxy groups -OCH3 is 1. The number of carbonyl (C=O) groups is 1. The van der Waals surface area contributed by atoms with E-state index < -0.39 is 41.0 Å². The Bertz CT molecular complexity index is 1220. The van der Waals surface area contributed by atoms with Gasteiger partial charge in [0.05, 0.1) is 30.4 Å². The maximum atomic E-state index is 13.6. The van der Waals surface area contributed by atoms with Crippen molar-refractivity contribution in [2.75, 3.05) is 66.1 Å². The number of ether oxygens (including phenoxy) is 2. The number of hydrogen-bond donors (Lipinski definition) is 0. The van der Waals surface area contributed by atoms with Crippen molar-refractivity contribution in [3.8, 4) is 0 Å². The zero-order chi connectivity index (χ0) is 31.4. The average Bonchev–Trinajstić information content (AvgIpc) is 2.94. The molecule has 2 saturated heterocycles. The standard InChI is InChI=1S/C31H39F6N3O3/c1-21-5-6-23(13-22(21)2)14-27-18-38(7-4-8-39-11-12-43-28(19-39)20-42-3)9-10-40(27)29(41)24-15-25(30(32,33)34)17-26(16-24)31(35,36)37/h5-6,13,15-17,27-28H,4,7-12,14,18-20H2,1-3H3/t27-,28?/m1/s1. The maximum absolute atomic E-state index is 13.6. The molecule has 2 aliphatic rings. The third kappa shape index (κ3) is 8.93. The molecule has 0 aliphatic carbocycles. The fourth-order valence-electron chi connectivity index (χ4n) is 5.80. The molecular formula is C31H39F6N3O3. The molecule has 43 heavy (non-hydrogen) atoms. The van der Waals surface area contributed by atoms with Gasteiger partial charge in [-0.3, -0.25) is 14.6 Å². The van der Waals surface area contributed by atoms with E-state index in [9.17, 15) is 31.1 Å². The van der Waals surface area contributed by atoms with Crippen LogP contribution >= 0.6 is 0 Å². The predicted octanol–water partition coefficient (Wildman–Crippen LogP) is 5.45. The fraction of sp³-hybridized carbons (Fsp3) is 0.581. The fourth-order valence-corrected chi connectivity index (χ4v) is 5.80. The number of carbonyl (C=O) groups excluding carboxylic acids is 1. The van der Waals surface area contributed by atoms with Crippen molar-refractivity contribution < 1.29 is 40.6 Å². The molecule has 0 spiro atoms. The Kier molecular flexibility index (Phi) is 10.8. The van der Waals surface area contributed by atoms with Gasteiger partial charge in [-0.1, -0.05) is 18.2 Å². The zero-order valence-electron chi connectivity index (χ0n) is 24.7. The van der Waals surface area contributed by atoms with Gasteiger partial charge in [0, 0.05) is 51.4 Å². The van der Waals surface area contributed by atoms with Crippen molar-refractivity contribution in [3.63, 3.8) is 0 Å². The second-order valence-corrected chi connectivity index (χ2v) is 11.5. The second-order valence-electron chi connectivity index (χ2n) is 11.5. The largest absolute Gasteiger partial charge is 0.416 e. The van der Waals surface area contributed by atoms with Crippen LogP contribution in [0.4, 0.5) is 26.3 Å². The van der Waals surface area contributed by atoms with E-state index in [1.54, 1.807) is 7.11 Å². The summed E-state index contributed by atoms with van der Waals surface area (Å²) in [6.07, 6.45) is -8.73. The molecule has 2 heterocycles. The Labute approximate surface area is 248 Å². The van der Waals surface area contributed by atoms with Gasteiger partial charge in [-0.05, 0) is 74.7 Å². The lowest BCUT2D eigenvalue weighted by atomic mass is 9.97. The van der Waals surface area contributed by atoms with Gasteiger partial charge in [0.2, 0.25) is 0 Å². The number of alkyl halides is 6. The number of hydrogen-bond acceptors (Lipinski definition) is 5. The highest BCUT2D eigenvalue weighted by Gasteiger charge is 2.39. The molecule has 2 aromatic carbocycles. The van der Waals surface area contributed by atoms with Crippen LogP contribution in [0.25, 0.3) is 0 Å². The number of benzene rings is 2. The second kappa shape index (κ2) is 14.0. The lowest BCUT2D eigenvalue weighted by Crippen LogP contribution is -2.56. The minimum absolute atomic E-state index is 0.0318. The molecule has 2 fully saturated rings. The number of amides is 1. The van der Waals surface area contributed by atoms with Crippen molar-refractivity contribution in [1.82, 2.24) is 14.7 Å². The Balaban J connectivity index is 1.52. The molecule has 1 unspecified atom stereocenters. The summed E-state index contributed by atoms with van der Waals surface area (Å²) in [7, 11) is 1.64. The first-order valence-corrected chi connectivity index (χ1v) is 14.5. The van der Waals surface area contributed by atoms with Gasteiger partial charge in [-0.25, -0.2) is 0 Å². The van der Waals surface area contributed by atoms with Crippen molar-refractivity contribution in [1.29, 1.82) is 0 Å². The quantitative estimate of drug-likeness (QED) is 0.352. The highest BCUT2D eigenvalue weighted by Crippen LogP contribution is 2.37. The van der Waals surface area contributed by atoms with Gasteiger partial charge in [-0.15, -0.1) is 0 Å². The number of nitrogens with zero attached hydrogens (tertiary/aromatic N) is 3. The molecule has 0 saturated carbocycles. The lowest BCUT2D eigenvalue weighted by molar-refractivity contribution is -0.143. The third-order valence-corrected chi connectivity index (χ3v) is 8.23. The van der Waals surface area contributed by atoms with E-state index in [-0.39, 0.29) is 18.7 Å². The van der Waals surface area contributed by atoms with Gasteiger partial charge >= 0.3 is 12.4 Å². The van der Waals surface area contributed by atoms with Crippen LogP contribution in [0, 0.1) is 13.8 Å². The van der Waals surface area contributed by atoms with Crippen LogP contribution in [0.15, 0.2) is 36.4 Å². The SMILES string of the molecule is COCC1CN(CCCN2CCN(C(=O)c3cc(C(F)(F)F)cc(C(F)(F)F)c3)[C@H](Cc3ccc(C)c(C)c3)C2)CCO1. The smallest absolute Gasteiger partial charge is 0.382 e.